The molecule has 2 unspecified atom stereocenters. The lowest BCUT2D eigenvalue weighted by molar-refractivity contribution is -0.277. The van der Waals surface area contributed by atoms with E-state index in [0.717, 1.165) is 6.26 Å². The molecule has 9 nitrogen and oxygen atoms in total. The fourth-order valence-electron chi connectivity index (χ4n) is 5.55. The third kappa shape index (κ3) is 5.10. The van der Waals surface area contributed by atoms with Crippen LogP contribution >= 0.6 is 11.6 Å². The first-order valence-corrected chi connectivity index (χ1v) is 14.3. The number of pyridine rings is 1. The van der Waals surface area contributed by atoms with Gasteiger partial charge in [0.15, 0.2) is 10.8 Å². The lowest BCUT2D eigenvalue weighted by atomic mass is 9.85. The molecule has 2 fully saturated rings. The highest BCUT2D eigenvalue weighted by Gasteiger charge is 2.61. The molecule has 2 bridgehead atoms. The first-order chi connectivity index (χ1) is 17.7. The minimum absolute atomic E-state index is 0.0115. The highest BCUT2D eigenvalue weighted by molar-refractivity contribution is 7.92. The number of carbonyl (C=O) groups is 1. The lowest BCUT2D eigenvalue weighted by Gasteiger charge is -2.45. The number of ether oxygens (including phenoxy) is 1. The second-order valence-electron chi connectivity index (χ2n) is 10.0. The van der Waals surface area contributed by atoms with Crippen molar-refractivity contribution in [1.82, 2.24) is 14.8 Å². The van der Waals surface area contributed by atoms with Gasteiger partial charge in [0.25, 0.3) is 0 Å². The number of hydrogen-bond acceptors (Lipinski definition) is 6. The summed E-state index contributed by atoms with van der Waals surface area (Å²) in [5.41, 5.74) is -0.732. The Labute approximate surface area is 222 Å². The Morgan fingerprint density at radius 3 is 2.53 bits per heavy atom. The summed E-state index contributed by atoms with van der Waals surface area (Å²) in [6.45, 7) is 0.614. The van der Waals surface area contributed by atoms with E-state index in [1.54, 1.807) is 29.2 Å². The molecule has 0 spiro atoms. The summed E-state index contributed by atoms with van der Waals surface area (Å²) in [4.78, 5) is 20.7. The van der Waals surface area contributed by atoms with Crippen LogP contribution in [0.1, 0.15) is 31.2 Å². The SMILES string of the molecule is CS(=O)(=O)Nc1cc(-c2ccc3c(c2)CN(C(=O)N2C4CCC2CC(O)(C(F)(F)F)C4)CCO3)cnc1Cl. The molecule has 2 saturated heterocycles. The Bertz CT molecular complexity index is 1360. The van der Waals surface area contributed by atoms with Crippen molar-refractivity contribution >= 4 is 33.3 Å². The molecule has 2 atom stereocenters. The van der Waals surface area contributed by atoms with Crippen LogP contribution in [0.5, 0.6) is 5.75 Å². The minimum atomic E-state index is -4.75. The fraction of sp³-hybridized carbons (Fsp3) is 0.500. The topological polar surface area (TPSA) is 112 Å². The van der Waals surface area contributed by atoms with E-state index in [-0.39, 0.29) is 36.6 Å². The van der Waals surface area contributed by atoms with Crippen LogP contribution in [0.25, 0.3) is 11.1 Å². The second kappa shape index (κ2) is 9.45. The largest absolute Gasteiger partial charge is 0.491 e. The number of amides is 2. The molecule has 14 heteroatoms. The van der Waals surface area contributed by atoms with E-state index < -0.39 is 46.7 Å². The van der Waals surface area contributed by atoms with Gasteiger partial charge in [-0.3, -0.25) is 4.72 Å². The molecule has 38 heavy (non-hydrogen) atoms. The van der Waals surface area contributed by atoms with Crippen LogP contribution < -0.4 is 9.46 Å². The van der Waals surface area contributed by atoms with Crippen LogP contribution in [0.2, 0.25) is 5.15 Å². The number of carbonyl (C=O) groups excluding carboxylic acids is 1. The summed E-state index contributed by atoms with van der Waals surface area (Å²) >= 11 is 6.04. The summed E-state index contributed by atoms with van der Waals surface area (Å²) in [6.07, 6.45) is -2.50. The van der Waals surface area contributed by atoms with Crippen molar-refractivity contribution < 1.29 is 36.2 Å². The van der Waals surface area contributed by atoms with Gasteiger partial charge in [0.05, 0.1) is 25.0 Å². The van der Waals surface area contributed by atoms with E-state index in [1.165, 1.54) is 11.1 Å². The number of benzene rings is 1. The standard InChI is InChI=1S/C24H26ClF3N4O5S/c1-38(35,36)30-19-9-15(12-29-21(19)25)14-2-5-20-16(8-14)13-31(6-7-37-20)22(33)32-17-3-4-18(32)11-23(34,10-17)24(26,27)28/h2,5,8-9,12,17-18,30,34H,3-4,6-7,10-11,13H2,1H3. The van der Waals surface area contributed by atoms with Gasteiger partial charge < -0.3 is 19.6 Å². The molecule has 1 aromatic carbocycles. The monoisotopic (exact) mass is 574 g/mol. The molecule has 3 aliphatic heterocycles. The molecule has 206 valence electrons. The van der Waals surface area contributed by atoms with Crippen LogP contribution in [0.4, 0.5) is 23.7 Å². The van der Waals surface area contributed by atoms with Crippen LogP contribution in [-0.2, 0) is 16.6 Å². The number of nitrogens with zero attached hydrogens (tertiary/aromatic N) is 3. The smallest absolute Gasteiger partial charge is 0.417 e. The van der Waals surface area contributed by atoms with Gasteiger partial charge in [0.1, 0.15) is 12.4 Å². The summed E-state index contributed by atoms with van der Waals surface area (Å²) < 4.78 is 71.9. The maximum absolute atomic E-state index is 13.6. The van der Waals surface area contributed by atoms with Crippen LogP contribution in [0.15, 0.2) is 30.5 Å². The van der Waals surface area contributed by atoms with Crippen LogP contribution in [-0.4, -0.2) is 77.6 Å². The minimum Gasteiger partial charge on any atom is -0.491 e. The van der Waals surface area contributed by atoms with E-state index in [4.69, 9.17) is 16.3 Å². The number of alkyl halides is 3. The zero-order valence-corrected chi connectivity index (χ0v) is 21.9. The van der Waals surface area contributed by atoms with E-state index in [9.17, 15) is 31.5 Å². The third-order valence-corrected chi connectivity index (χ3v) is 8.19. The van der Waals surface area contributed by atoms with E-state index in [0.29, 0.717) is 35.3 Å². The number of halogens is 4. The number of fused-ring (bicyclic) bond motifs is 3. The lowest BCUT2D eigenvalue weighted by Crippen LogP contribution is -2.60. The fourth-order valence-corrected chi connectivity index (χ4v) is 6.31. The predicted octanol–water partition coefficient (Wildman–Crippen LogP) is 4.01. The molecule has 2 aromatic rings. The molecular weight excluding hydrogens is 549 g/mol. The number of anilines is 1. The number of nitrogens with one attached hydrogen (secondary N) is 1. The molecule has 2 N–H and O–H groups in total. The maximum atomic E-state index is 13.6. The highest BCUT2D eigenvalue weighted by Crippen LogP contribution is 2.48. The molecule has 3 aliphatic rings. The number of hydrogen-bond donors (Lipinski definition) is 2. The van der Waals surface area contributed by atoms with Gasteiger partial charge in [-0.2, -0.15) is 13.2 Å². The second-order valence-corrected chi connectivity index (χ2v) is 12.1. The van der Waals surface area contributed by atoms with Crippen molar-refractivity contribution in [2.45, 2.75) is 56.1 Å². The number of sulfonamides is 1. The number of piperidine rings is 1. The van der Waals surface area contributed by atoms with Gasteiger partial charge in [-0.05, 0) is 36.6 Å². The summed E-state index contributed by atoms with van der Waals surface area (Å²) in [7, 11) is -3.59. The number of rotatable bonds is 3. The molecule has 2 amide bonds. The van der Waals surface area contributed by atoms with Gasteiger partial charge in [0, 0.05) is 42.2 Å². The summed E-state index contributed by atoms with van der Waals surface area (Å²) in [5, 5.41) is 10.3. The quantitative estimate of drug-likeness (QED) is 0.536. The number of aliphatic hydroxyl groups is 1. The molecule has 5 rings (SSSR count). The van der Waals surface area contributed by atoms with Gasteiger partial charge in [-0.25, -0.2) is 18.2 Å². The first-order valence-electron chi connectivity index (χ1n) is 12.0. The Kier molecular flexibility index (Phi) is 6.67. The van der Waals surface area contributed by atoms with Crippen molar-refractivity contribution in [2.75, 3.05) is 24.1 Å². The van der Waals surface area contributed by atoms with Crippen molar-refractivity contribution in [2.24, 2.45) is 0 Å². The Morgan fingerprint density at radius 2 is 1.89 bits per heavy atom. The van der Waals surface area contributed by atoms with Crippen molar-refractivity contribution in [1.29, 1.82) is 0 Å². The van der Waals surface area contributed by atoms with E-state index in [1.807, 2.05) is 0 Å². The van der Waals surface area contributed by atoms with Crippen molar-refractivity contribution in [3.63, 3.8) is 0 Å². The highest BCUT2D eigenvalue weighted by atomic mass is 35.5. The number of aromatic nitrogens is 1. The van der Waals surface area contributed by atoms with Crippen molar-refractivity contribution in [3.05, 3.63) is 41.2 Å². The van der Waals surface area contributed by atoms with Gasteiger partial charge in [-0.15, -0.1) is 0 Å². The van der Waals surface area contributed by atoms with Gasteiger partial charge >= 0.3 is 12.2 Å². The Balaban J connectivity index is 1.38. The Hall–Kier alpha value is -2.77. The normalized spacial score (nSPS) is 25.4. The van der Waals surface area contributed by atoms with E-state index >= 15 is 0 Å². The summed E-state index contributed by atoms with van der Waals surface area (Å²) in [6, 6.07) is 5.10. The molecule has 1 aromatic heterocycles. The molecule has 0 aliphatic carbocycles. The average Bonchev–Trinajstić information content (AvgIpc) is 2.97. The number of urea groups is 1. The van der Waals surface area contributed by atoms with Crippen LogP contribution in [0, 0.1) is 0 Å². The molecular formula is C24H26ClF3N4O5S. The Morgan fingerprint density at radius 1 is 1.21 bits per heavy atom. The first kappa shape index (κ1) is 26.8. The molecule has 4 heterocycles. The van der Waals surface area contributed by atoms with Gasteiger partial charge in [-0.1, -0.05) is 17.7 Å². The zero-order valence-electron chi connectivity index (χ0n) is 20.3. The summed E-state index contributed by atoms with van der Waals surface area (Å²) in [5.74, 6) is 0.563. The average molecular weight is 575 g/mol. The predicted molar refractivity (Wildman–Crippen MR) is 133 cm³/mol. The maximum Gasteiger partial charge on any atom is 0.417 e. The zero-order chi connectivity index (χ0) is 27.5. The van der Waals surface area contributed by atoms with Gasteiger partial charge in [0.2, 0.25) is 10.0 Å². The third-order valence-electron chi connectivity index (χ3n) is 7.29. The molecule has 0 saturated carbocycles. The van der Waals surface area contributed by atoms with Crippen molar-refractivity contribution in [3.8, 4) is 16.9 Å². The molecule has 0 radical (unpaired) electrons. The van der Waals surface area contributed by atoms with Crippen LogP contribution in [0.3, 0.4) is 0 Å². The van der Waals surface area contributed by atoms with E-state index in [2.05, 4.69) is 9.71 Å².